The summed E-state index contributed by atoms with van der Waals surface area (Å²) in [4.78, 5) is 3.21. The topological polar surface area (TPSA) is 50.9 Å². The zero-order valence-corrected chi connectivity index (χ0v) is 10.4. The minimum absolute atomic E-state index is 0.00101. The van der Waals surface area contributed by atoms with Crippen molar-refractivity contribution < 1.29 is 17.6 Å². The predicted molar refractivity (Wildman–Crippen MR) is 68.1 cm³/mol. The van der Waals surface area contributed by atoms with Crippen LogP contribution in [-0.4, -0.2) is 4.98 Å². The Morgan fingerprint density at radius 1 is 1.15 bits per heavy atom. The summed E-state index contributed by atoms with van der Waals surface area (Å²) >= 11 is 0. The van der Waals surface area contributed by atoms with E-state index in [2.05, 4.69) is 10.3 Å². The average Bonchev–Trinajstić information content (AvgIpc) is 2.35. The molecule has 0 radical (unpaired) electrons. The van der Waals surface area contributed by atoms with Crippen molar-refractivity contribution in [2.75, 3.05) is 11.1 Å². The van der Waals surface area contributed by atoms with Crippen LogP contribution in [0.3, 0.4) is 0 Å². The minimum Gasteiger partial charge on any atom is -0.396 e. The zero-order valence-electron chi connectivity index (χ0n) is 10.4. The summed E-state index contributed by atoms with van der Waals surface area (Å²) in [6.07, 6.45) is -3.70. The molecule has 0 aliphatic heterocycles. The molecule has 0 fully saturated rings. The molecular weight excluding hydrogens is 274 g/mol. The van der Waals surface area contributed by atoms with Gasteiger partial charge in [0.05, 0.1) is 23.3 Å². The van der Waals surface area contributed by atoms with Gasteiger partial charge < -0.3 is 11.1 Å². The summed E-state index contributed by atoms with van der Waals surface area (Å²) in [5.41, 5.74) is 5.23. The molecule has 0 unspecified atom stereocenters. The van der Waals surface area contributed by atoms with E-state index in [0.29, 0.717) is 0 Å². The Balaban J connectivity index is 2.40. The second-order valence-electron chi connectivity index (χ2n) is 4.26. The number of pyridine rings is 1. The molecular formula is C13H11F4N3. The van der Waals surface area contributed by atoms with E-state index in [1.807, 2.05) is 0 Å². The third-order valence-electron chi connectivity index (χ3n) is 2.62. The number of nitrogens with zero attached hydrogens (tertiary/aromatic N) is 1. The second-order valence-corrected chi connectivity index (χ2v) is 4.26. The Hall–Kier alpha value is -2.31. The van der Waals surface area contributed by atoms with E-state index in [4.69, 9.17) is 5.73 Å². The fourth-order valence-electron chi connectivity index (χ4n) is 1.61. The van der Waals surface area contributed by atoms with Gasteiger partial charge in [-0.1, -0.05) is 6.07 Å². The van der Waals surface area contributed by atoms with Gasteiger partial charge in [0.25, 0.3) is 0 Å². The van der Waals surface area contributed by atoms with Crippen LogP contribution in [-0.2, 0) is 6.18 Å². The van der Waals surface area contributed by atoms with Crippen LogP contribution >= 0.6 is 0 Å². The van der Waals surface area contributed by atoms with Gasteiger partial charge in [-0.05, 0) is 30.7 Å². The number of nitrogens with two attached hydrogens (primary N) is 1. The highest BCUT2D eigenvalue weighted by Gasteiger charge is 2.33. The Morgan fingerprint density at radius 2 is 1.85 bits per heavy atom. The van der Waals surface area contributed by atoms with E-state index in [1.54, 1.807) is 13.0 Å². The quantitative estimate of drug-likeness (QED) is 0.823. The third-order valence-corrected chi connectivity index (χ3v) is 2.62. The molecule has 2 aromatic rings. The van der Waals surface area contributed by atoms with Gasteiger partial charge in [0, 0.05) is 0 Å². The second kappa shape index (κ2) is 4.99. The number of hydrogen-bond acceptors (Lipinski definition) is 3. The summed E-state index contributed by atoms with van der Waals surface area (Å²) < 4.78 is 51.3. The van der Waals surface area contributed by atoms with E-state index in [1.165, 1.54) is 12.1 Å². The van der Waals surface area contributed by atoms with Crippen molar-refractivity contribution >= 4 is 17.1 Å². The Bertz CT molecular complexity index is 638. The number of aryl methyl sites for hydroxylation is 1. The number of benzene rings is 1. The molecule has 0 aliphatic carbocycles. The monoisotopic (exact) mass is 285 g/mol. The minimum atomic E-state index is -4.59. The van der Waals surface area contributed by atoms with Gasteiger partial charge in [-0.15, -0.1) is 0 Å². The lowest BCUT2D eigenvalue weighted by atomic mass is 10.2. The van der Waals surface area contributed by atoms with Crippen molar-refractivity contribution in [2.24, 2.45) is 0 Å². The molecule has 0 amide bonds. The molecule has 0 saturated carbocycles. The first kappa shape index (κ1) is 14.1. The number of hydrogen-bond donors (Lipinski definition) is 2. The molecule has 0 atom stereocenters. The lowest BCUT2D eigenvalue weighted by Gasteiger charge is -2.13. The molecule has 1 aromatic carbocycles. The van der Waals surface area contributed by atoms with Crippen LogP contribution in [0, 0.1) is 12.7 Å². The molecule has 7 heteroatoms. The van der Waals surface area contributed by atoms with E-state index in [-0.39, 0.29) is 17.1 Å². The summed E-state index contributed by atoms with van der Waals surface area (Å²) in [5.74, 6) is -0.583. The maximum atomic E-state index is 13.6. The summed E-state index contributed by atoms with van der Waals surface area (Å²) in [6, 6.07) is 5.00. The maximum absolute atomic E-state index is 13.6. The summed E-state index contributed by atoms with van der Waals surface area (Å²) in [5, 5.41) is 2.55. The molecule has 20 heavy (non-hydrogen) atoms. The van der Waals surface area contributed by atoms with Crippen molar-refractivity contribution in [1.29, 1.82) is 0 Å². The first-order chi connectivity index (χ1) is 9.27. The van der Waals surface area contributed by atoms with Gasteiger partial charge in [-0.3, -0.25) is 0 Å². The zero-order chi connectivity index (χ0) is 14.9. The van der Waals surface area contributed by atoms with Crippen LogP contribution in [0.4, 0.5) is 34.6 Å². The normalized spacial score (nSPS) is 11.4. The SMILES string of the molecule is Cc1ccc(F)c(Nc2cc(C(F)(F)F)ncc2N)c1. The average molecular weight is 285 g/mol. The molecule has 3 nitrogen and oxygen atoms in total. The van der Waals surface area contributed by atoms with Crippen molar-refractivity contribution in [3.63, 3.8) is 0 Å². The van der Waals surface area contributed by atoms with Gasteiger partial charge in [0.15, 0.2) is 0 Å². The number of alkyl halides is 3. The molecule has 2 rings (SSSR count). The number of nitrogens with one attached hydrogen (secondary N) is 1. The maximum Gasteiger partial charge on any atom is 0.433 e. The van der Waals surface area contributed by atoms with Crippen LogP contribution in [0.15, 0.2) is 30.5 Å². The molecule has 1 heterocycles. The number of rotatable bonds is 2. The van der Waals surface area contributed by atoms with Crippen LogP contribution in [0.5, 0.6) is 0 Å². The molecule has 106 valence electrons. The summed E-state index contributed by atoms with van der Waals surface area (Å²) in [7, 11) is 0. The Morgan fingerprint density at radius 3 is 2.50 bits per heavy atom. The molecule has 1 aromatic heterocycles. The van der Waals surface area contributed by atoms with Gasteiger partial charge in [0.1, 0.15) is 11.5 Å². The number of halogens is 4. The predicted octanol–water partition coefficient (Wildman–Crippen LogP) is 3.87. The molecule has 0 aliphatic rings. The highest BCUT2D eigenvalue weighted by Crippen LogP contribution is 2.32. The molecule has 0 spiro atoms. The lowest BCUT2D eigenvalue weighted by Crippen LogP contribution is -2.10. The van der Waals surface area contributed by atoms with Gasteiger partial charge >= 0.3 is 6.18 Å². The van der Waals surface area contributed by atoms with E-state index < -0.39 is 17.7 Å². The first-order valence-corrected chi connectivity index (χ1v) is 5.63. The van der Waals surface area contributed by atoms with Gasteiger partial charge in [-0.25, -0.2) is 9.37 Å². The van der Waals surface area contributed by atoms with Gasteiger partial charge in [-0.2, -0.15) is 13.2 Å². The van der Waals surface area contributed by atoms with Crippen LogP contribution in [0.1, 0.15) is 11.3 Å². The van der Waals surface area contributed by atoms with Crippen molar-refractivity contribution in [1.82, 2.24) is 4.98 Å². The fourth-order valence-corrected chi connectivity index (χ4v) is 1.61. The van der Waals surface area contributed by atoms with Crippen LogP contribution < -0.4 is 11.1 Å². The smallest absolute Gasteiger partial charge is 0.396 e. The van der Waals surface area contributed by atoms with Crippen LogP contribution in [0.25, 0.3) is 0 Å². The largest absolute Gasteiger partial charge is 0.433 e. The highest BCUT2D eigenvalue weighted by atomic mass is 19.4. The highest BCUT2D eigenvalue weighted by molar-refractivity contribution is 5.72. The number of aromatic nitrogens is 1. The van der Waals surface area contributed by atoms with Crippen LogP contribution in [0.2, 0.25) is 0 Å². The standard InChI is InChI=1S/C13H11F4N3/c1-7-2-3-8(14)10(4-7)20-11-5-12(13(15,16)17)19-6-9(11)18/h2-6H,18H2,1H3,(H,19,20). The first-order valence-electron chi connectivity index (χ1n) is 5.63. The van der Waals surface area contributed by atoms with E-state index in [0.717, 1.165) is 17.8 Å². The fraction of sp³-hybridized carbons (Fsp3) is 0.154. The van der Waals surface area contributed by atoms with Crippen molar-refractivity contribution in [3.8, 4) is 0 Å². The Labute approximate surface area is 112 Å². The van der Waals surface area contributed by atoms with E-state index in [9.17, 15) is 17.6 Å². The third kappa shape index (κ3) is 2.98. The molecule has 3 N–H and O–H groups in total. The number of anilines is 3. The molecule has 0 bridgehead atoms. The van der Waals surface area contributed by atoms with E-state index >= 15 is 0 Å². The summed E-state index contributed by atoms with van der Waals surface area (Å²) in [6.45, 7) is 1.74. The lowest BCUT2D eigenvalue weighted by molar-refractivity contribution is -0.141. The van der Waals surface area contributed by atoms with Gasteiger partial charge in [0.2, 0.25) is 0 Å². The van der Waals surface area contributed by atoms with Crippen molar-refractivity contribution in [2.45, 2.75) is 13.1 Å². The number of nitrogen functional groups attached to an aromatic ring is 1. The molecule has 0 saturated heterocycles. The van der Waals surface area contributed by atoms with Crippen molar-refractivity contribution in [3.05, 3.63) is 47.5 Å². The Kier molecular flexibility index (Phi) is 3.52.